The SMILES string of the molecule is CS(=O)(=O)c1ccccc1NC(=O)Cn1cnc2scc(-c3cccs3)c2c1=O. The van der Waals surface area contributed by atoms with Gasteiger partial charge in [-0.1, -0.05) is 18.2 Å². The van der Waals surface area contributed by atoms with Crippen LogP contribution in [0.5, 0.6) is 0 Å². The van der Waals surface area contributed by atoms with Crippen molar-refractivity contribution in [1.29, 1.82) is 0 Å². The minimum absolute atomic E-state index is 0.0205. The number of carbonyl (C=O) groups excluding carboxylic acids is 1. The molecule has 10 heteroatoms. The minimum Gasteiger partial charge on any atom is -0.323 e. The maximum atomic E-state index is 13.0. The van der Waals surface area contributed by atoms with Crippen LogP contribution in [0.2, 0.25) is 0 Å². The Morgan fingerprint density at radius 2 is 1.97 bits per heavy atom. The Morgan fingerprint density at radius 1 is 1.17 bits per heavy atom. The highest BCUT2D eigenvalue weighted by atomic mass is 32.2. The van der Waals surface area contributed by atoms with Gasteiger partial charge in [0.05, 0.1) is 22.3 Å². The fourth-order valence-corrected chi connectivity index (χ4v) is 5.50. The summed E-state index contributed by atoms with van der Waals surface area (Å²) in [6, 6.07) is 9.97. The third-order valence-electron chi connectivity index (χ3n) is 4.22. The van der Waals surface area contributed by atoms with E-state index in [9.17, 15) is 18.0 Å². The number of sulfone groups is 1. The summed E-state index contributed by atoms with van der Waals surface area (Å²) in [5.74, 6) is -0.516. The molecule has 148 valence electrons. The molecule has 4 aromatic rings. The monoisotopic (exact) mass is 445 g/mol. The summed E-state index contributed by atoms with van der Waals surface area (Å²) in [4.78, 5) is 31.4. The van der Waals surface area contributed by atoms with E-state index in [-0.39, 0.29) is 22.7 Å². The van der Waals surface area contributed by atoms with Crippen molar-refractivity contribution in [3.05, 3.63) is 63.8 Å². The predicted molar refractivity (Wildman–Crippen MR) is 115 cm³/mol. The number of nitrogens with zero attached hydrogens (tertiary/aromatic N) is 2. The molecule has 3 heterocycles. The van der Waals surface area contributed by atoms with E-state index in [1.54, 1.807) is 12.1 Å². The molecule has 1 aromatic carbocycles. The number of benzene rings is 1. The van der Waals surface area contributed by atoms with Crippen molar-refractivity contribution in [2.24, 2.45) is 0 Å². The largest absolute Gasteiger partial charge is 0.323 e. The summed E-state index contributed by atoms with van der Waals surface area (Å²) in [6.07, 6.45) is 2.41. The van der Waals surface area contributed by atoms with Gasteiger partial charge in [-0.15, -0.1) is 22.7 Å². The molecule has 0 radical (unpaired) electrons. The lowest BCUT2D eigenvalue weighted by atomic mass is 10.2. The Hall–Kier alpha value is -2.82. The quantitative estimate of drug-likeness (QED) is 0.509. The van der Waals surface area contributed by atoms with Gasteiger partial charge in [-0.25, -0.2) is 13.4 Å². The molecule has 4 rings (SSSR count). The zero-order valence-electron chi connectivity index (χ0n) is 15.2. The van der Waals surface area contributed by atoms with Gasteiger partial charge in [0, 0.05) is 22.1 Å². The number of hydrogen-bond donors (Lipinski definition) is 1. The smallest absolute Gasteiger partial charge is 0.263 e. The van der Waals surface area contributed by atoms with Crippen molar-refractivity contribution < 1.29 is 13.2 Å². The van der Waals surface area contributed by atoms with Gasteiger partial charge in [-0.3, -0.25) is 14.2 Å². The first-order valence-electron chi connectivity index (χ1n) is 8.44. The number of rotatable bonds is 5. The molecule has 29 heavy (non-hydrogen) atoms. The highest BCUT2D eigenvalue weighted by Gasteiger charge is 2.17. The molecule has 0 bridgehead atoms. The number of para-hydroxylation sites is 1. The van der Waals surface area contributed by atoms with Crippen molar-refractivity contribution in [3.8, 4) is 10.4 Å². The van der Waals surface area contributed by atoms with Crippen LogP contribution < -0.4 is 10.9 Å². The van der Waals surface area contributed by atoms with Gasteiger partial charge in [0.1, 0.15) is 11.4 Å². The van der Waals surface area contributed by atoms with Crippen LogP contribution in [0, 0.1) is 0 Å². The first-order chi connectivity index (χ1) is 13.8. The van der Waals surface area contributed by atoms with E-state index < -0.39 is 15.7 Å². The lowest BCUT2D eigenvalue weighted by Gasteiger charge is -2.10. The van der Waals surface area contributed by atoms with E-state index in [1.165, 1.54) is 45.7 Å². The van der Waals surface area contributed by atoms with E-state index in [0.717, 1.165) is 16.7 Å². The molecular weight excluding hydrogens is 430 g/mol. The van der Waals surface area contributed by atoms with Gasteiger partial charge >= 0.3 is 0 Å². The molecule has 0 unspecified atom stereocenters. The number of nitrogens with one attached hydrogen (secondary N) is 1. The third-order valence-corrected chi connectivity index (χ3v) is 7.17. The number of anilines is 1. The van der Waals surface area contributed by atoms with Crippen LogP contribution in [0.15, 0.2) is 63.2 Å². The van der Waals surface area contributed by atoms with Gasteiger partial charge in [-0.05, 0) is 23.6 Å². The molecule has 0 aliphatic heterocycles. The average Bonchev–Trinajstić information content (AvgIpc) is 3.33. The molecule has 3 aromatic heterocycles. The fourth-order valence-electron chi connectivity index (χ4n) is 2.93. The summed E-state index contributed by atoms with van der Waals surface area (Å²) in [7, 11) is -3.51. The second-order valence-corrected chi connectivity index (χ2v) is 10.1. The van der Waals surface area contributed by atoms with Crippen LogP contribution in [0.25, 0.3) is 20.7 Å². The van der Waals surface area contributed by atoms with Crippen LogP contribution in [-0.4, -0.2) is 30.1 Å². The number of fused-ring (bicyclic) bond motifs is 1. The first kappa shape index (κ1) is 19.5. The van der Waals surface area contributed by atoms with Crippen molar-refractivity contribution in [2.75, 3.05) is 11.6 Å². The van der Waals surface area contributed by atoms with E-state index in [2.05, 4.69) is 10.3 Å². The summed E-state index contributed by atoms with van der Waals surface area (Å²) in [5, 5.41) is 6.87. The Kier molecular flexibility index (Phi) is 5.07. The molecule has 0 saturated carbocycles. The standard InChI is InChI=1S/C19H15N3O4S3/c1-29(25,26)15-7-3-2-5-13(15)21-16(23)9-22-11-20-18-17(19(22)24)12(10-28-18)14-6-4-8-27-14/h2-8,10-11H,9H2,1H3,(H,21,23). The van der Waals surface area contributed by atoms with Crippen LogP contribution >= 0.6 is 22.7 Å². The Balaban J connectivity index is 1.66. The molecule has 0 spiro atoms. The normalized spacial score (nSPS) is 11.6. The van der Waals surface area contributed by atoms with Gasteiger partial charge in [0.15, 0.2) is 9.84 Å². The molecule has 0 saturated heterocycles. The maximum absolute atomic E-state index is 13.0. The Bertz CT molecular complexity index is 1370. The summed E-state index contributed by atoms with van der Waals surface area (Å²) < 4.78 is 25.0. The lowest BCUT2D eigenvalue weighted by Crippen LogP contribution is -2.28. The van der Waals surface area contributed by atoms with Crippen molar-refractivity contribution in [2.45, 2.75) is 11.4 Å². The van der Waals surface area contributed by atoms with Crippen molar-refractivity contribution >= 4 is 54.3 Å². The topological polar surface area (TPSA) is 98.1 Å². The second kappa shape index (κ2) is 7.54. The highest BCUT2D eigenvalue weighted by Crippen LogP contribution is 2.33. The summed E-state index contributed by atoms with van der Waals surface area (Å²) in [5.41, 5.74) is 0.665. The Morgan fingerprint density at radius 3 is 2.69 bits per heavy atom. The molecule has 0 aliphatic carbocycles. The molecule has 0 aliphatic rings. The lowest BCUT2D eigenvalue weighted by molar-refractivity contribution is -0.116. The molecule has 0 atom stereocenters. The second-order valence-electron chi connectivity index (χ2n) is 6.30. The van der Waals surface area contributed by atoms with Crippen LogP contribution in [-0.2, 0) is 21.2 Å². The number of carbonyl (C=O) groups is 1. The first-order valence-corrected chi connectivity index (χ1v) is 12.1. The summed E-state index contributed by atoms with van der Waals surface area (Å²) >= 11 is 2.90. The van der Waals surface area contributed by atoms with E-state index >= 15 is 0 Å². The van der Waals surface area contributed by atoms with Gasteiger partial charge in [0.25, 0.3) is 5.56 Å². The van der Waals surface area contributed by atoms with E-state index in [1.807, 2.05) is 22.9 Å². The van der Waals surface area contributed by atoms with Gasteiger partial charge < -0.3 is 5.32 Å². The number of aromatic nitrogens is 2. The zero-order chi connectivity index (χ0) is 20.6. The predicted octanol–water partition coefficient (Wildman–Crippen LogP) is 3.23. The van der Waals surface area contributed by atoms with Crippen molar-refractivity contribution in [3.63, 3.8) is 0 Å². The number of thiophene rings is 2. The van der Waals surface area contributed by atoms with E-state index in [4.69, 9.17) is 0 Å². The van der Waals surface area contributed by atoms with Crippen LogP contribution in [0.3, 0.4) is 0 Å². The third kappa shape index (κ3) is 3.86. The molecular formula is C19H15N3O4S3. The highest BCUT2D eigenvalue weighted by molar-refractivity contribution is 7.90. The average molecular weight is 446 g/mol. The van der Waals surface area contributed by atoms with Gasteiger partial charge in [0.2, 0.25) is 5.91 Å². The summed E-state index contributed by atoms with van der Waals surface area (Å²) in [6.45, 7) is -0.278. The number of hydrogen-bond acceptors (Lipinski definition) is 7. The molecule has 7 nitrogen and oxygen atoms in total. The maximum Gasteiger partial charge on any atom is 0.263 e. The Labute approximate surface area is 174 Å². The molecule has 0 fully saturated rings. The fraction of sp³-hybridized carbons (Fsp3) is 0.105. The zero-order valence-corrected chi connectivity index (χ0v) is 17.6. The van der Waals surface area contributed by atoms with Crippen molar-refractivity contribution in [1.82, 2.24) is 9.55 Å². The number of amides is 1. The van der Waals surface area contributed by atoms with E-state index in [0.29, 0.717) is 10.2 Å². The minimum atomic E-state index is -3.51. The van der Waals surface area contributed by atoms with Gasteiger partial charge in [-0.2, -0.15) is 0 Å². The van der Waals surface area contributed by atoms with Crippen LogP contribution in [0.4, 0.5) is 5.69 Å². The van der Waals surface area contributed by atoms with Crippen LogP contribution in [0.1, 0.15) is 0 Å². The molecule has 1 amide bonds. The molecule has 1 N–H and O–H groups in total.